The quantitative estimate of drug-likeness (QED) is 0.804. The molecule has 3 rings (SSSR count). The Kier molecular flexibility index (Phi) is 5.47. The molecule has 0 bridgehead atoms. The molecule has 0 radical (unpaired) electrons. The van der Waals surface area contributed by atoms with Gasteiger partial charge in [-0.3, -0.25) is 0 Å². The molecular formula is C17H20ClN5O3. The zero-order chi connectivity index (χ0) is 18.7. The molecule has 8 nitrogen and oxygen atoms in total. The van der Waals surface area contributed by atoms with E-state index in [2.05, 4.69) is 16.0 Å². The summed E-state index contributed by atoms with van der Waals surface area (Å²) in [5.74, 6) is 1.60. The second-order valence-corrected chi connectivity index (χ2v) is 6.50. The maximum Gasteiger partial charge on any atom is 0.407 e. The average molecular weight is 378 g/mol. The normalized spacial score (nSPS) is 19.4. The minimum absolute atomic E-state index is 0.137. The lowest BCUT2D eigenvalue weighted by Crippen LogP contribution is -2.55. The van der Waals surface area contributed by atoms with Gasteiger partial charge >= 0.3 is 6.09 Å². The second kappa shape index (κ2) is 7.79. The molecule has 1 atom stereocenters. The van der Waals surface area contributed by atoms with Crippen LogP contribution in [0.5, 0.6) is 0 Å². The fraction of sp³-hybridized carbons (Fsp3) is 0.529. The number of allylic oxidation sites excluding steroid dienone is 1. The van der Waals surface area contributed by atoms with Crippen molar-refractivity contribution in [3.05, 3.63) is 22.3 Å². The van der Waals surface area contributed by atoms with Crippen molar-refractivity contribution in [3.63, 3.8) is 0 Å². The Labute approximate surface area is 156 Å². The topological polar surface area (TPSA) is 103 Å². The van der Waals surface area contributed by atoms with Crippen molar-refractivity contribution in [2.75, 3.05) is 31.1 Å². The molecule has 0 spiro atoms. The number of nitrogens with zero attached hydrogens (tertiary/aromatic N) is 5. The van der Waals surface area contributed by atoms with Crippen LogP contribution in [0.1, 0.15) is 31.0 Å². The lowest BCUT2D eigenvalue weighted by Gasteiger charge is -2.40. The number of halogens is 1. The minimum atomic E-state index is -1.00. The first-order chi connectivity index (χ1) is 12.5. The third-order valence-corrected chi connectivity index (χ3v) is 4.76. The first-order valence-corrected chi connectivity index (χ1v) is 8.92. The highest BCUT2D eigenvalue weighted by Crippen LogP contribution is 2.32. The van der Waals surface area contributed by atoms with Crippen molar-refractivity contribution >= 4 is 29.6 Å². The number of piperazine rings is 1. The molecule has 2 heterocycles. The summed E-state index contributed by atoms with van der Waals surface area (Å²) in [5.41, 5.74) is 1.73. The number of carboxylic acid groups (broad SMARTS) is 1. The van der Waals surface area contributed by atoms with Crippen LogP contribution in [0.4, 0.5) is 10.6 Å². The lowest BCUT2D eigenvalue weighted by atomic mass is 10.00. The molecule has 1 fully saturated rings. The summed E-state index contributed by atoms with van der Waals surface area (Å²) in [6, 6.07) is 1.68. The largest absolute Gasteiger partial charge is 0.498 e. The van der Waals surface area contributed by atoms with Gasteiger partial charge in [-0.2, -0.15) is 5.26 Å². The van der Waals surface area contributed by atoms with Crippen molar-refractivity contribution in [3.8, 4) is 6.07 Å². The molecule has 26 heavy (non-hydrogen) atoms. The highest BCUT2D eigenvalue weighted by Gasteiger charge is 2.32. The number of ether oxygens (including phenoxy) is 1. The molecule has 1 saturated heterocycles. The summed E-state index contributed by atoms with van der Waals surface area (Å²) in [5, 5.41) is 18.5. The van der Waals surface area contributed by atoms with Gasteiger partial charge in [0.25, 0.3) is 0 Å². The molecule has 0 saturated carbocycles. The van der Waals surface area contributed by atoms with E-state index in [4.69, 9.17) is 21.6 Å². The van der Waals surface area contributed by atoms with Crippen LogP contribution in [-0.2, 0) is 11.2 Å². The predicted molar refractivity (Wildman–Crippen MR) is 95.9 cm³/mol. The van der Waals surface area contributed by atoms with E-state index in [0.717, 1.165) is 35.7 Å². The van der Waals surface area contributed by atoms with Gasteiger partial charge in [0, 0.05) is 37.7 Å². The Morgan fingerprint density at radius 3 is 2.96 bits per heavy atom. The Balaban J connectivity index is 1.91. The van der Waals surface area contributed by atoms with Crippen LogP contribution in [0, 0.1) is 11.3 Å². The van der Waals surface area contributed by atoms with Crippen molar-refractivity contribution in [1.29, 1.82) is 5.26 Å². The first-order valence-electron chi connectivity index (χ1n) is 8.54. The summed E-state index contributed by atoms with van der Waals surface area (Å²) < 4.78 is 5.59. The van der Waals surface area contributed by atoms with Crippen molar-refractivity contribution < 1.29 is 14.6 Å². The number of carbonyl (C=O) groups is 1. The van der Waals surface area contributed by atoms with E-state index in [-0.39, 0.29) is 11.7 Å². The molecule has 1 N–H and O–H groups in total. The van der Waals surface area contributed by atoms with Crippen LogP contribution in [0.3, 0.4) is 0 Å². The standard InChI is InChI=1S/C17H20ClN5O3/c1-2-26-12-3-4-13-14(9-12)20-16(18)21-15(13)22-7-8-23(17(24)25)11(10-22)5-6-19/h9,11H,2-5,7-8,10H2,1H3,(H,24,25)/t11-/m0/s1. The minimum Gasteiger partial charge on any atom is -0.498 e. The van der Waals surface area contributed by atoms with Crippen LogP contribution < -0.4 is 4.90 Å². The fourth-order valence-corrected chi connectivity index (χ4v) is 3.60. The lowest BCUT2D eigenvalue weighted by molar-refractivity contribution is 0.119. The van der Waals surface area contributed by atoms with Gasteiger partial charge in [-0.25, -0.2) is 14.8 Å². The number of nitriles is 1. The maximum absolute atomic E-state index is 11.4. The molecule has 1 amide bonds. The van der Waals surface area contributed by atoms with Gasteiger partial charge < -0.3 is 19.6 Å². The van der Waals surface area contributed by atoms with Gasteiger partial charge in [0.15, 0.2) is 0 Å². The summed E-state index contributed by atoms with van der Waals surface area (Å²) >= 11 is 6.13. The number of anilines is 1. The van der Waals surface area contributed by atoms with Gasteiger partial charge in [0.2, 0.25) is 5.28 Å². The van der Waals surface area contributed by atoms with E-state index in [1.165, 1.54) is 4.90 Å². The van der Waals surface area contributed by atoms with E-state index in [0.29, 0.717) is 26.2 Å². The fourth-order valence-electron chi connectivity index (χ4n) is 3.43. The molecule has 0 unspecified atom stereocenters. The zero-order valence-electron chi connectivity index (χ0n) is 14.5. The van der Waals surface area contributed by atoms with Gasteiger partial charge in [0.05, 0.1) is 36.6 Å². The molecule has 9 heteroatoms. The van der Waals surface area contributed by atoms with Crippen LogP contribution in [0.2, 0.25) is 5.28 Å². The molecule has 138 valence electrons. The number of hydrogen-bond acceptors (Lipinski definition) is 6. The third kappa shape index (κ3) is 3.68. The molecule has 1 aliphatic carbocycles. The van der Waals surface area contributed by atoms with E-state index in [9.17, 15) is 9.90 Å². The van der Waals surface area contributed by atoms with E-state index >= 15 is 0 Å². The summed E-state index contributed by atoms with van der Waals surface area (Å²) in [6.45, 7) is 3.75. The van der Waals surface area contributed by atoms with Crippen LogP contribution >= 0.6 is 11.6 Å². The van der Waals surface area contributed by atoms with Gasteiger partial charge in [-0.05, 0) is 24.9 Å². The smallest absolute Gasteiger partial charge is 0.407 e. The third-order valence-electron chi connectivity index (χ3n) is 4.59. The number of rotatable bonds is 4. The Hall–Kier alpha value is -2.53. The summed E-state index contributed by atoms with van der Waals surface area (Å²) in [7, 11) is 0. The average Bonchev–Trinajstić information content (AvgIpc) is 2.61. The molecular weight excluding hydrogens is 358 g/mol. The number of fused-ring (bicyclic) bond motifs is 1. The van der Waals surface area contributed by atoms with Crippen LogP contribution in [0.15, 0.2) is 5.76 Å². The monoisotopic (exact) mass is 377 g/mol. The van der Waals surface area contributed by atoms with Gasteiger partial charge in [-0.15, -0.1) is 0 Å². The number of amides is 1. The molecule has 1 aliphatic heterocycles. The highest BCUT2D eigenvalue weighted by molar-refractivity contribution is 6.28. The molecule has 2 aliphatic rings. The number of aromatic nitrogens is 2. The predicted octanol–water partition coefficient (Wildman–Crippen LogP) is 2.54. The van der Waals surface area contributed by atoms with Gasteiger partial charge in [-0.1, -0.05) is 0 Å². The Morgan fingerprint density at radius 2 is 2.27 bits per heavy atom. The molecule has 1 aromatic heterocycles. The van der Waals surface area contributed by atoms with Crippen molar-refractivity contribution in [1.82, 2.24) is 14.9 Å². The Bertz CT molecular complexity index is 776. The van der Waals surface area contributed by atoms with Crippen LogP contribution in [-0.4, -0.2) is 58.4 Å². The van der Waals surface area contributed by atoms with Crippen molar-refractivity contribution in [2.24, 2.45) is 0 Å². The summed E-state index contributed by atoms with van der Waals surface area (Å²) in [6.07, 6.45) is 2.51. The van der Waals surface area contributed by atoms with Crippen LogP contribution in [0.25, 0.3) is 6.08 Å². The number of hydrogen-bond donors (Lipinski definition) is 1. The SMILES string of the molecule is CCOC1=Cc2nc(Cl)nc(N3CCN(C(=O)O)[C@@H](CC#N)C3)c2CC1. The zero-order valence-corrected chi connectivity index (χ0v) is 15.2. The van der Waals surface area contributed by atoms with Crippen molar-refractivity contribution in [2.45, 2.75) is 32.2 Å². The second-order valence-electron chi connectivity index (χ2n) is 6.16. The van der Waals surface area contributed by atoms with Gasteiger partial charge in [0.1, 0.15) is 5.82 Å². The Morgan fingerprint density at radius 1 is 1.46 bits per heavy atom. The summed E-state index contributed by atoms with van der Waals surface area (Å²) in [4.78, 5) is 23.4. The molecule has 1 aromatic rings. The first kappa shape index (κ1) is 18.3. The maximum atomic E-state index is 11.4. The van der Waals surface area contributed by atoms with E-state index in [1.807, 2.05) is 17.9 Å². The highest BCUT2D eigenvalue weighted by atomic mass is 35.5. The van der Waals surface area contributed by atoms with E-state index in [1.54, 1.807) is 0 Å². The van der Waals surface area contributed by atoms with E-state index < -0.39 is 12.1 Å². The molecule has 0 aromatic carbocycles.